The number of rotatable bonds is 5. The molecule has 0 saturated carbocycles. The van der Waals surface area contributed by atoms with Crippen LogP contribution in [0.1, 0.15) is 11.4 Å². The van der Waals surface area contributed by atoms with E-state index in [-0.39, 0.29) is 5.69 Å². The van der Waals surface area contributed by atoms with Crippen LogP contribution >= 0.6 is 23.2 Å². The second kappa shape index (κ2) is 6.89. The van der Waals surface area contributed by atoms with Crippen LogP contribution in [0.3, 0.4) is 0 Å². The van der Waals surface area contributed by atoms with Crippen LogP contribution in [0.15, 0.2) is 53.3 Å². The van der Waals surface area contributed by atoms with Crippen LogP contribution in [0.5, 0.6) is 0 Å². The number of hydrogen-bond acceptors (Lipinski definition) is 3. The Balaban J connectivity index is 1.70. The number of benzene rings is 2. The highest BCUT2D eigenvalue weighted by molar-refractivity contribution is 6.31. The van der Waals surface area contributed by atoms with Gasteiger partial charge >= 0.3 is 5.69 Å². The predicted octanol–water partition coefficient (Wildman–Crippen LogP) is 3.54. The molecule has 7 heteroatoms. The highest BCUT2D eigenvalue weighted by Gasteiger charge is 2.07. The summed E-state index contributed by atoms with van der Waals surface area (Å²) in [7, 11) is 0. The average Bonchev–Trinajstić information content (AvgIpc) is 2.89. The van der Waals surface area contributed by atoms with Crippen molar-refractivity contribution >= 4 is 28.9 Å². The summed E-state index contributed by atoms with van der Waals surface area (Å²) in [6, 6.07) is 14.7. The number of halogens is 2. The Bertz CT molecular complexity index is 855. The lowest BCUT2D eigenvalue weighted by Crippen LogP contribution is -2.18. The smallest absolute Gasteiger partial charge is 0.343 e. The quantitative estimate of drug-likeness (QED) is 0.741. The van der Waals surface area contributed by atoms with E-state index in [9.17, 15) is 4.79 Å². The lowest BCUT2D eigenvalue weighted by atomic mass is 10.2. The molecule has 0 aliphatic heterocycles. The standard InChI is InChI=1S/C16H14Cl2N4O/c17-12-5-7-13(8-6-12)19-9-15-20-16(23)22(21-15)10-11-3-1-2-4-14(11)18/h1-8,19H,9-10H2,(H,20,21,23). The molecule has 0 aliphatic rings. The van der Waals surface area contributed by atoms with Crippen LogP contribution in [-0.2, 0) is 13.1 Å². The van der Waals surface area contributed by atoms with Gasteiger partial charge in [0.05, 0.1) is 13.1 Å². The van der Waals surface area contributed by atoms with Crippen molar-refractivity contribution in [2.24, 2.45) is 0 Å². The zero-order chi connectivity index (χ0) is 16.2. The van der Waals surface area contributed by atoms with Crippen LogP contribution in [0.2, 0.25) is 10.0 Å². The average molecular weight is 349 g/mol. The van der Waals surface area contributed by atoms with Crippen LogP contribution in [-0.4, -0.2) is 14.8 Å². The molecule has 0 amide bonds. The van der Waals surface area contributed by atoms with Crippen LogP contribution in [0.4, 0.5) is 5.69 Å². The molecule has 118 valence electrons. The molecule has 1 heterocycles. The fourth-order valence-corrected chi connectivity index (χ4v) is 2.45. The van der Waals surface area contributed by atoms with Crippen LogP contribution < -0.4 is 11.0 Å². The molecule has 3 rings (SSSR count). The van der Waals surface area contributed by atoms with Gasteiger partial charge in [0, 0.05) is 15.7 Å². The van der Waals surface area contributed by atoms with Crippen molar-refractivity contribution in [1.82, 2.24) is 14.8 Å². The lowest BCUT2D eigenvalue weighted by molar-refractivity contribution is 0.651. The molecule has 3 aromatic rings. The van der Waals surface area contributed by atoms with Gasteiger partial charge in [-0.25, -0.2) is 9.48 Å². The van der Waals surface area contributed by atoms with Gasteiger partial charge in [0.2, 0.25) is 0 Å². The Morgan fingerprint density at radius 2 is 1.83 bits per heavy atom. The third-order valence-corrected chi connectivity index (χ3v) is 3.93. The molecule has 0 saturated heterocycles. The van der Waals surface area contributed by atoms with Crippen molar-refractivity contribution in [2.75, 3.05) is 5.32 Å². The third kappa shape index (κ3) is 3.94. The number of aromatic nitrogens is 3. The highest BCUT2D eigenvalue weighted by atomic mass is 35.5. The molecule has 1 aromatic heterocycles. The van der Waals surface area contributed by atoms with Crippen molar-refractivity contribution in [3.63, 3.8) is 0 Å². The number of hydrogen-bond donors (Lipinski definition) is 2. The maximum absolute atomic E-state index is 12.0. The fraction of sp³-hybridized carbons (Fsp3) is 0.125. The summed E-state index contributed by atoms with van der Waals surface area (Å²) < 4.78 is 1.36. The molecule has 0 atom stereocenters. The van der Waals surface area contributed by atoms with Crippen molar-refractivity contribution in [2.45, 2.75) is 13.1 Å². The number of H-pyrrole nitrogens is 1. The van der Waals surface area contributed by atoms with Crippen molar-refractivity contribution in [1.29, 1.82) is 0 Å². The first-order valence-corrected chi connectivity index (χ1v) is 7.76. The van der Waals surface area contributed by atoms with Gasteiger partial charge in [-0.05, 0) is 35.9 Å². The molecule has 0 aliphatic carbocycles. The summed E-state index contributed by atoms with van der Waals surface area (Å²) in [6.07, 6.45) is 0. The molecule has 23 heavy (non-hydrogen) atoms. The van der Waals surface area contributed by atoms with E-state index in [1.165, 1.54) is 4.68 Å². The van der Waals surface area contributed by atoms with Gasteiger partial charge in [-0.15, -0.1) is 0 Å². The maximum atomic E-state index is 12.0. The number of aromatic amines is 1. The van der Waals surface area contributed by atoms with Gasteiger partial charge in [-0.1, -0.05) is 41.4 Å². The van der Waals surface area contributed by atoms with Gasteiger partial charge in [0.1, 0.15) is 5.82 Å². The van der Waals surface area contributed by atoms with Crippen LogP contribution in [0, 0.1) is 0 Å². The fourth-order valence-electron chi connectivity index (χ4n) is 2.13. The van der Waals surface area contributed by atoms with E-state index in [0.29, 0.717) is 29.0 Å². The lowest BCUT2D eigenvalue weighted by Gasteiger charge is -2.04. The van der Waals surface area contributed by atoms with E-state index >= 15 is 0 Å². The number of anilines is 1. The number of nitrogens with one attached hydrogen (secondary N) is 2. The van der Waals surface area contributed by atoms with E-state index in [1.54, 1.807) is 18.2 Å². The first-order chi connectivity index (χ1) is 11.1. The molecular formula is C16H14Cl2N4O. The van der Waals surface area contributed by atoms with E-state index in [4.69, 9.17) is 23.2 Å². The summed E-state index contributed by atoms with van der Waals surface area (Å²) in [6.45, 7) is 0.738. The zero-order valence-electron chi connectivity index (χ0n) is 12.1. The van der Waals surface area contributed by atoms with E-state index in [0.717, 1.165) is 11.3 Å². The minimum absolute atomic E-state index is 0.266. The zero-order valence-corrected chi connectivity index (χ0v) is 13.6. The van der Waals surface area contributed by atoms with Crippen molar-refractivity contribution < 1.29 is 0 Å². The SMILES string of the molecule is O=c1[nH]c(CNc2ccc(Cl)cc2)nn1Cc1ccccc1Cl. The van der Waals surface area contributed by atoms with E-state index < -0.39 is 0 Å². The molecule has 0 radical (unpaired) electrons. The first-order valence-electron chi connectivity index (χ1n) is 7.00. The topological polar surface area (TPSA) is 62.7 Å². The molecule has 0 fully saturated rings. The molecule has 0 bridgehead atoms. The molecule has 5 nitrogen and oxygen atoms in total. The predicted molar refractivity (Wildman–Crippen MR) is 92.2 cm³/mol. The Morgan fingerprint density at radius 3 is 2.57 bits per heavy atom. The van der Waals surface area contributed by atoms with Gasteiger partial charge < -0.3 is 5.32 Å². The Morgan fingerprint density at radius 1 is 1.09 bits per heavy atom. The largest absolute Gasteiger partial charge is 0.378 e. The normalized spacial score (nSPS) is 10.7. The monoisotopic (exact) mass is 348 g/mol. The van der Waals surface area contributed by atoms with E-state index in [1.807, 2.05) is 30.3 Å². The van der Waals surface area contributed by atoms with Gasteiger partial charge in [0.15, 0.2) is 0 Å². The van der Waals surface area contributed by atoms with Gasteiger partial charge in [-0.2, -0.15) is 5.10 Å². The van der Waals surface area contributed by atoms with Crippen molar-refractivity contribution in [3.8, 4) is 0 Å². The van der Waals surface area contributed by atoms with Gasteiger partial charge in [-0.3, -0.25) is 4.98 Å². The highest BCUT2D eigenvalue weighted by Crippen LogP contribution is 2.15. The van der Waals surface area contributed by atoms with Crippen LogP contribution in [0.25, 0.3) is 0 Å². The maximum Gasteiger partial charge on any atom is 0.343 e. The summed E-state index contributed by atoms with van der Waals surface area (Å²) in [5.41, 5.74) is 1.48. The summed E-state index contributed by atoms with van der Waals surface area (Å²) in [4.78, 5) is 14.7. The Hall–Kier alpha value is -2.24. The Kier molecular flexibility index (Phi) is 4.69. The summed E-state index contributed by atoms with van der Waals surface area (Å²) in [5, 5.41) is 8.74. The van der Waals surface area contributed by atoms with Crippen molar-refractivity contribution in [3.05, 3.63) is 80.4 Å². The third-order valence-electron chi connectivity index (χ3n) is 3.31. The summed E-state index contributed by atoms with van der Waals surface area (Å²) >= 11 is 12.0. The van der Waals surface area contributed by atoms with E-state index in [2.05, 4.69) is 15.4 Å². The molecule has 0 unspecified atom stereocenters. The Labute approximate surface area is 142 Å². The first kappa shape index (κ1) is 15.6. The number of nitrogens with zero attached hydrogens (tertiary/aromatic N) is 2. The second-order valence-electron chi connectivity index (χ2n) is 4.99. The van der Waals surface area contributed by atoms with Gasteiger partial charge in [0.25, 0.3) is 0 Å². The second-order valence-corrected chi connectivity index (χ2v) is 5.83. The minimum Gasteiger partial charge on any atom is -0.378 e. The molecule has 0 spiro atoms. The molecular weight excluding hydrogens is 335 g/mol. The summed E-state index contributed by atoms with van der Waals surface area (Å²) in [5.74, 6) is 0.553. The molecule has 2 N–H and O–H groups in total. The minimum atomic E-state index is -0.266. The molecule has 2 aromatic carbocycles.